The van der Waals surface area contributed by atoms with E-state index in [0.29, 0.717) is 6.07 Å². The predicted octanol–water partition coefficient (Wildman–Crippen LogP) is 6.54. The van der Waals surface area contributed by atoms with Gasteiger partial charge in [-0.15, -0.1) is 0 Å². The molecule has 4 rings (SSSR count). The summed E-state index contributed by atoms with van der Waals surface area (Å²) in [5.74, 6) is -1.51. The first-order valence-corrected chi connectivity index (χ1v) is 9.21. The van der Waals surface area contributed by atoms with Crippen LogP contribution in [0.2, 0.25) is 0 Å². The van der Waals surface area contributed by atoms with Crippen molar-refractivity contribution in [2.75, 3.05) is 12.4 Å². The minimum Gasteiger partial charge on any atom is -0.504 e. The molecule has 5 nitrogen and oxygen atoms in total. The van der Waals surface area contributed by atoms with Crippen LogP contribution in [0.4, 0.5) is 32.0 Å². The maximum atomic E-state index is 13.2. The van der Waals surface area contributed by atoms with Crippen LogP contribution in [0.5, 0.6) is 11.5 Å². The number of furan rings is 2. The monoisotopic (exact) mass is 469 g/mol. The zero-order chi connectivity index (χ0) is 24.1. The number of ether oxygens (including phenoxy) is 1. The van der Waals surface area contributed by atoms with Crippen LogP contribution >= 0.6 is 0 Å². The highest BCUT2D eigenvalue weighted by molar-refractivity contribution is 6.17. The van der Waals surface area contributed by atoms with Gasteiger partial charge in [-0.25, -0.2) is 0 Å². The average Bonchev–Trinajstić information content (AvgIpc) is 3.29. The molecule has 172 valence electrons. The summed E-state index contributed by atoms with van der Waals surface area (Å²) in [5, 5.41) is 12.3. The maximum absolute atomic E-state index is 13.2. The summed E-state index contributed by atoms with van der Waals surface area (Å²) in [6, 6.07) is 7.69. The number of anilines is 1. The van der Waals surface area contributed by atoms with Gasteiger partial charge in [0.25, 0.3) is 5.91 Å². The van der Waals surface area contributed by atoms with Gasteiger partial charge < -0.3 is 19.6 Å². The standard InChI is InChI=1S/C22H13F6NO4/c1-32-14-7-12(22(26,27)28)6-13(8-14)29-20(31)18-16-9-15(30)19(33-16)17(18)10-3-2-4-11(5-10)21(23,24)25/h2-9,30H,1H3,(H,29,31). The van der Waals surface area contributed by atoms with Crippen LogP contribution in [-0.4, -0.2) is 18.1 Å². The molecule has 0 aliphatic heterocycles. The second kappa shape index (κ2) is 7.61. The molecule has 0 saturated carbocycles. The van der Waals surface area contributed by atoms with E-state index >= 15 is 0 Å². The molecular formula is C22H13F6NO4. The van der Waals surface area contributed by atoms with Crippen LogP contribution in [0.3, 0.4) is 0 Å². The van der Waals surface area contributed by atoms with Gasteiger partial charge in [0.05, 0.1) is 23.8 Å². The second-order valence-corrected chi connectivity index (χ2v) is 7.06. The van der Waals surface area contributed by atoms with Crippen molar-refractivity contribution < 1.29 is 45.4 Å². The van der Waals surface area contributed by atoms with Gasteiger partial charge >= 0.3 is 12.4 Å². The van der Waals surface area contributed by atoms with E-state index in [9.17, 15) is 36.2 Å². The number of phenols is 1. The highest BCUT2D eigenvalue weighted by Crippen LogP contribution is 2.44. The summed E-state index contributed by atoms with van der Waals surface area (Å²) in [6.07, 6.45) is -9.38. The van der Waals surface area contributed by atoms with Gasteiger partial charge in [-0.3, -0.25) is 4.79 Å². The van der Waals surface area contributed by atoms with Crippen LogP contribution in [0.15, 0.2) is 52.9 Å². The number of nitrogens with one attached hydrogen (secondary N) is 1. The number of aromatic hydroxyl groups is 1. The van der Waals surface area contributed by atoms with Crippen molar-refractivity contribution in [2.45, 2.75) is 12.4 Å². The minimum atomic E-state index is -4.72. The Morgan fingerprint density at radius 2 is 1.67 bits per heavy atom. The normalized spacial score (nSPS) is 12.3. The number of alkyl halides is 6. The lowest BCUT2D eigenvalue weighted by Gasteiger charge is -2.13. The third-order valence-electron chi connectivity index (χ3n) is 4.87. The number of amides is 1. The maximum Gasteiger partial charge on any atom is 0.416 e. The van der Waals surface area contributed by atoms with Crippen molar-refractivity contribution in [3.05, 3.63) is 65.2 Å². The SMILES string of the molecule is COc1cc(NC(=O)c2c(-c3cccc(C(F)(F)F)c3)c3oc2cc3O)cc(C(F)(F)F)c1. The predicted molar refractivity (Wildman–Crippen MR) is 105 cm³/mol. The van der Waals surface area contributed by atoms with E-state index in [-0.39, 0.29) is 39.3 Å². The van der Waals surface area contributed by atoms with E-state index in [2.05, 4.69) is 5.32 Å². The number of benzene rings is 3. The summed E-state index contributed by atoms with van der Waals surface area (Å²) >= 11 is 0. The first-order valence-electron chi connectivity index (χ1n) is 9.21. The molecule has 0 radical (unpaired) electrons. The second-order valence-electron chi connectivity index (χ2n) is 7.06. The number of fused-ring (bicyclic) bond motifs is 2. The van der Waals surface area contributed by atoms with Gasteiger partial charge in [-0.05, 0) is 29.8 Å². The molecule has 0 atom stereocenters. The Labute approximate surface area is 181 Å². The van der Waals surface area contributed by atoms with Crippen LogP contribution in [0.1, 0.15) is 21.5 Å². The van der Waals surface area contributed by atoms with Crippen molar-refractivity contribution in [3.63, 3.8) is 0 Å². The first-order chi connectivity index (χ1) is 15.4. The molecule has 2 aromatic heterocycles. The van der Waals surface area contributed by atoms with Crippen LogP contribution in [0, 0.1) is 0 Å². The molecule has 1 amide bonds. The summed E-state index contributed by atoms with van der Waals surface area (Å²) in [5.41, 5.74) is -3.13. The molecular weight excluding hydrogens is 456 g/mol. The fourth-order valence-electron chi connectivity index (χ4n) is 3.42. The van der Waals surface area contributed by atoms with Crippen molar-refractivity contribution in [1.82, 2.24) is 0 Å². The van der Waals surface area contributed by atoms with Gasteiger partial charge in [0.15, 0.2) is 11.3 Å². The number of carbonyl (C=O) groups excluding carboxylic acids is 1. The number of methoxy groups -OCH3 is 1. The van der Waals surface area contributed by atoms with Gasteiger partial charge in [-0.1, -0.05) is 12.1 Å². The molecule has 2 N–H and O–H groups in total. The third-order valence-corrected chi connectivity index (χ3v) is 4.87. The minimum absolute atomic E-state index is 0.0683. The van der Waals surface area contributed by atoms with Crippen molar-refractivity contribution >= 4 is 22.8 Å². The highest BCUT2D eigenvalue weighted by atomic mass is 19.4. The van der Waals surface area contributed by atoms with Gasteiger partial charge in [0.2, 0.25) is 0 Å². The topological polar surface area (TPSA) is 71.7 Å². The van der Waals surface area contributed by atoms with E-state index in [1.807, 2.05) is 0 Å². The van der Waals surface area contributed by atoms with E-state index < -0.39 is 35.1 Å². The Morgan fingerprint density at radius 3 is 2.30 bits per heavy atom. The Hall–Kier alpha value is -3.89. The molecule has 11 heteroatoms. The number of hydrogen-bond acceptors (Lipinski definition) is 4. The van der Waals surface area contributed by atoms with Crippen LogP contribution in [-0.2, 0) is 12.4 Å². The molecule has 0 spiro atoms. The third kappa shape index (κ3) is 4.13. The number of carbonyl (C=O) groups is 1. The van der Waals surface area contributed by atoms with Crippen molar-refractivity contribution in [3.8, 4) is 22.6 Å². The average molecular weight is 469 g/mol. The fraction of sp³-hybridized carbons (Fsp3) is 0.136. The Morgan fingerprint density at radius 1 is 0.970 bits per heavy atom. The zero-order valence-electron chi connectivity index (χ0n) is 16.6. The summed E-state index contributed by atoms with van der Waals surface area (Å²) in [4.78, 5) is 13.0. The molecule has 0 aliphatic rings. The Bertz CT molecular complexity index is 1340. The number of halogens is 6. The van der Waals surface area contributed by atoms with E-state index in [1.54, 1.807) is 0 Å². The number of rotatable bonds is 4. The van der Waals surface area contributed by atoms with E-state index in [4.69, 9.17) is 9.15 Å². The smallest absolute Gasteiger partial charge is 0.416 e. The van der Waals surface area contributed by atoms with Gasteiger partial charge in [0.1, 0.15) is 11.3 Å². The number of hydrogen-bond donors (Lipinski definition) is 2. The molecule has 0 unspecified atom stereocenters. The molecule has 33 heavy (non-hydrogen) atoms. The van der Waals surface area contributed by atoms with E-state index in [1.165, 1.54) is 6.07 Å². The summed E-state index contributed by atoms with van der Waals surface area (Å²) < 4.78 is 89.2. The van der Waals surface area contributed by atoms with Crippen molar-refractivity contribution in [2.24, 2.45) is 0 Å². The molecule has 0 fully saturated rings. The Kier molecular flexibility index (Phi) is 5.14. The summed E-state index contributed by atoms with van der Waals surface area (Å²) in [6.45, 7) is 0. The molecule has 2 aromatic carbocycles. The van der Waals surface area contributed by atoms with Crippen LogP contribution < -0.4 is 10.1 Å². The molecule has 0 saturated heterocycles. The lowest BCUT2D eigenvalue weighted by Crippen LogP contribution is -2.14. The van der Waals surface area contributed by atoms with Crippen LogP contribution in [0.25, 0.3) is 22.3 Å². The summed E-state index contributed by atoms with van der Waals surface area (Å²) in [7, 11) is 1.15. The highest BCUT2D eigenvalue weighted by Gasteiger charge is 2.34. The lowest BCUT2D eigenvalue weighted by molar-refractivity contribution is -0.138. The van der Waals surface area contributed by atoms with Gasteiger partial charge in [-0.2, -0.15) is 26.3 Å². The number of phenolic OH excluding ortho intramolecular Hbond substituents is 1. The van der Waals surface area contributed by atoms with Gasteiger partial charge in [0, 0.05) is 23.4 Å². The Balaban J connectivity index is 1.79. The lowest BCUT2D eigenvalue weighted by atomic mass is 9.97. The first kappa shape index (κ1) is 22.3. The van der Waals surface area contributed by atoms with E-state index in [0.717, 1.165) is 43.5 Å². The molecule has 2 bridgehead atoms. The van der Waals surface area contributed by atoms with Crippen molar-refractivity contribution in [1.29, 1.82) is 0 Å². The molecule has 0 aliphatic carbocycles. The zero-order valence-corrected chi connectivity index (χ0v) is 16.6. The molecule has 2 heterocycles. The fourth-order valence-corrected chi connectivity index (χ4v) is 3.42. The quantitative estimate of drug-likeness (QED) is 0.333. The molecule has 4 aromatic rings. The largest absolute Gasteiger partial charge is 0.504 e.